The van der Waals surface area contributed by atoms with Gasteiger partial charge in [0, 0.05) is 5.69 Å². The van der Waals surface area contributed by atoms with Crippen molar-refractivity contribution in [2.24, 2.45) is 4.99 Å². The number of amides is 1. The highest BCUT2D eigenvalue weighted by atomic mass is 32.1. The third-order valence-corrected chi connectivity index (χ3v) is 6.56. The second kappa shape index (κ2) is 9.03. The zero-order valence-electron chi connectivity index (χ0n) is 18.2. The van der Waals surface area contributed by atoms with Crippen molar-refractivity contribution in [3.8, 4) is 0 Å². The first-order valence-corrected chi connectivity index (χ1v) is 11.5. The van der Waals surface area contributed by atoms with Gasteiger partial charge in [-0.1, -0.05) is 72.0 Å². The maximum Gasteiger partial charge on any atom is 0.271 e. The van der Waals surface area contributed by atoms with Crippen LogP contribution in [0.3, 0.4) is 0 Å². The number of allylic oxidation sites excluding steroid dienone is 1. The molecule has 0 unspecified atom stereocenters. The van der Waals surface area contributed by atoms with Gasteiger partial charge in [-0.15, -0.1) is 0 Å². The Kier molecular flexibility index (Phi) is 5.77. The van der Waals surface area contributed by atoms with Crippen LogP contribution in [0.4, 0.5) is 10.1 Å². The Hall–Kier alpha value is -4.10. The van der Waals surface area contributed by atoms with Crippen LogP contribution in [0.25, 0.3) is 6.08 Å². The minimum absolute atomic E-state index is 0.251. The highest BCUT2D eigenvalue weighted by Gasteiger charge is 2.32. The molecule has 0 bridgehead atoms. The third kappa shape index (κ3) is 4.13. The number of anilines is 1. The van der Waals surface area contributed by atoms with Crippen LogP contribution < -0.4 is 20.2 Å². The number of carbonyl (C=O) groups is 1. The van der Waals surface area contributed by atoms with Gasteiger partial charge in [-0.3, -0.25) is 14.2 Å². The number of halogens is 1. The summed E-state index contributed by atoms with van der Waals surface area (Å²) in [5.41, 5.74) is 2.75. The van der Waals surface area contributed by atoms with Crippen LogP contribution in [-0.4, -0.2) is 10.5 Å². The summed E-state index contributed by atoms with van der Waals surface area (Å²) in [6.07, 6.45) is 1.81. The number of benzene rings is 3. The predicted molar refractivity (Wildman–Crippen MR) is 132 cm³/mol. The Labute approximate surface area is 198 Å². The molecule has 2 heterocycles. The monoisotopic (exact) mass is 469 g/mol. The average molecular weight is 470 g/mol. The molecule has 3 aromatic carbocycles. The first-order valence-electron chi connectivity index (χ1n) is 10.7. The lowest BCUT2D eigenvalue weighted by Gasteiger charge is -2.25. The molecule has 4 aromatic rings. The molecule has 5 rings (SSSR count). The summed E-state index contributed by atoms with van der Waals surface area (Å²) in [6, 6.07) is 23.8. The number of fused-ring (bicyclic) bond motifs is 1. The van der Waals surface area contributed by atoms with Crippen LogP contribution in [-0.2, 0) is 4.79 Å². The van der Waals surface area contributed by atoms with E-state index in [0.29, 0.717) is 31.9 Å². The van der Waals surface area contributed by atoms with Gasteiger partial charge in [-0.25, -0.2) is 9.38 Å². The maximum absolute atomic E-state index is 13.7. The Morgan fingerprint density at radius 2 is 1.65 bits per heavy atom. The third-order valence-electron chi connectivity index (χ3n) is 5.58. The Morgan fingerprint density at radius 1 is 1.00 bits per heavy atom. The second-order valence-electron chi connectivity index (χ2n) is 7.86. The molecular formula is C27H20FN3O2S. The minimum Gasteiger partial charge on any atom is -0.322 e. The summed E-state index contributed by atoms with van der Waals surface area (Å²) >= 11 is 1.27. The Bertz CT molecular complexity index is 1570. The molecule has 5 nitrogen and oxygen atoms in total. The number of hydrogen-bond donors (Lipinski definition) is 1. The number of nitrogens with one attached hydrogen (secondary N) is 1. The van der Waals surface area contributed by atoms with Gasteiger partial charge in [0.05, 0.1) is 21.8 Å². The molecule has 7 heteroatoms. The van der Waals surface area contributed by atoms with E-state index in [9.17, 15) is 14.0 Å². The number of para-hydroxylation sites is 1. The fourth-order valence-corrected chi connectivity index (χ4v) is 5.04. The van der Waals surface area contributed by atoms with Gasteiger partial charge < -0.3 is 5.32 Å². The van der Waals surface area contributed by atoms with Crippen molar-refractivity contribution in [3.63, 3.8) is 0 Å². The molecule has 0 radical (unpaired) electrons. The van der Waals surface area contributed by atoms with Crippen LogP contribution >= 0.6 is 11.3 Å². The zero-order valence-corrected chi connectivity index (χ0v) is 19.1. The molecule has 1 N–H and O–H groups in total. The van der Waals surface area contributed by atoms with Crippen LogP contribution in [0, 0.1) is 5.82 Å². The Balaban J connectivity index is 1.68. The smallest absolute Gasteiger partial charge is 0.271 e. The molecular weight excluding hydrogens is 449 g/mol. The molecule has 0 aliphatic carbocycles. The summed E-state index contributed by atoms with van der Waals surface area (Å²) in [7, 11) is 0. The maximum atomic E-state index is 13.7. The van der Waals surface area contributed by atoms with Gasteiger partial charge in [0.2, 0.25) is 0 Å². The normalized spacial score (nSPS) is 15.6. The second-order valence-corrected chi connectivity index (χ2v) is 8.87. The lowest BCUT2D eigenvalue weighted by atomic mass is 9.95. The molecule has 1 atom stereocenters. The van der Waals surface area contributed by atoms with E-state index in [1.54, 1.807) is 31.2 Å². The van der Waals surface area contributed by atoms with E-state index in [1.807, 2.05) is 54.6 Å². The SMILES string of the molecule is CC1=C(C(=O)Nc2ccccc2)[C@H](c2ccc(F)cc2)n2c(s/c(=C\c3ccccc3)c2=O)=N1. The molecule has 34 heavy (non-hydrogen) atoms. The number of carbonyl (C=O) groups excluding carboxylic acids is 1. The molecule has 1 aliphatic heterocycles. The predicted octanol–water partition coefficient (Wildman–Crippen LogP) is 4.01. The number of thiazole rings is 1. The van der Waals surface area contributed by atoms with Crippen molar-refractivity contribution in [3.05, 3.63) is 133 Å². The van der Waals surface area contributed by atoms with Crippen molar-refractivity contribution in [2.75, 3.05) is 5.32 Å². The lowest BCUT2D eigenvalue weighted by Crippen LogP contribution is -2.40. The fourth-order valence-electron chi connectivity index (χ4n) is 3.99. The number of hydrogen-bond acceptors (Lipinski definition) is 4. The average Bonchev–Trinajstić information content (AvgIpc) is 3.14. The largest absolute Gasteiger partial charge is 0.322 e. The van der Waals surface area contributed by atoms with Crippen molar-refractivity contribution in [2.45, 2.75) is 13.0 Å². The zero-order chi connectivity index (χ0) is 23.7. The molecule has 0 saturated carbocycles. The first-order chi connectivity index (χ1) is 16.5. The van der Waals surface area contributed by atoms with Crippen LogP contribution in [0.2, 0.25) is 0 Å². The van der Waals surface area contributed by atoms with Crippen molar-refractivity contribution < 1.29 is 9.18 Å². The quantitative estimate of drug-likeness (QED) is 0.491. The van der Waals surface area contributed by atoms with Gasteiger partial charge >= 0.3 is 0 Å². The highest BCUT2D eigenvalue weighted by Crippen LogP contribution is 2.30. The van der Waals surface area contributed by atoms with Gasteiger partial charge in [0.15, 0.2) is 4.80 Å². The van der Waals surface area contributed by atoms with E-state index in [4.69, 9.17) is 0 Å². The van der Waals surface area contributed by atoms with Crippen molar-refractivity contribution in [1.29, 1.82) is 0 Å². The van der Waals surface area contributed by atoms with Crippen molar-refractivity contribution in [1.82, 2.24) is 4.57 Å². The first kappa shape index (κ1) is 21.7. The minimum atomic E-state index is -0.738. The van der Waals surface area contributed by atoms with Gasteiger partial charge in [-0.2, -0.15) is 0 Å². The van der Waals surface area contributed by atoms with E-state index in [-0.39, 0.29) is 11.5 Å². The standard InChI is InChI=1S/C27H20FN3O2S/c1-17-23(25(32)30-21-10-6-3-7-11-21)24(19-12-14-20(28)15-13-19)31-26(33)22(34-27(31)29-17)16-18-8-4-2-5-9-18/h2-16,24H,1H3,(H,30,32)/b22-16-/t24-/m0/s1. The van der Waals surface area contributed by atoms with E-state index in [2.05, 4.69) is 10.3 Å². The molecule has 1 amide bonds. The summed E-state index contributed by atoms with van der Waals surface area (Å²) in [5.74, 6) is -0.754. The van der Waals surface area contributed by atoms with Gasteiger partial charge in [0.25, 0.3) is 11.5 Å². The van der Waals surface area contributed by atoms with Crippen molar-refractivity contribution >= 4 is 29.0 Å². The number of rotatable bonds is 4. The number of nitrogens with zero attached hydrogens (tertiary/aromatic N) is 2. The topological polar surface area (TPSA) is 63.5 Å². The van der Waals surface area contributed by atoms with E-state index in [0.717, 1.165) is 5.56 Å². The summed E-state index contributed by atoms with van der Waals surface area (Å²) < 4.78 is 15.8. The summed E-state index contributed by atoms with van der Waals surface area (Å²) in [4.78, 5) is 32.1. The van der Waals surface area contributed by atoms with Crippen LogP contribution in [0.15, 0.2) is 106 Å². The van der Waals surface area contributed by atoms with E-state index >= 15 is 0 Å². The molecule has 0 fully saturated rings. The molecule has 1 aliphatic rings. The van der Waals surface area contributed by atoms with E-state index < -0.39 is 11.9 Å². The van der Waals surface area contributed by atoms with Crippen LogP contribution in [0.5, 0.6) is 0 Å². The molecule has 1 aromatic heterocycles. The lowest BCUT2D eigenvalue weighted by molar-refractivity contribution is -0.113. The summed E-state index contributed by atoms with van der Waals surface area (Å²) in [5, 5.41) is 2.90. The van der Waals surface area contributed by atoms with E-state index in [1.165, 1.54) is 28.0 Å². The molecule has 0 spiro atoms. The molecule has 0 saturated heterocycles. The fraction of sp³-hybridized carbons (Fsp3) is 0.0741. The van der Waals surface area contributed by atoms with Gasteiger partial charge in [-0.05, 0) is 48.4 Å². The Morgan fingerprint density at radius 3 is 2.32 bits per heavy atom. The van der Waals surface area contributed by atoms with Crippen LogP contribution in [0.1, 0.15) is 24.1 Å². The number of aromatic nitrogens is 1. The highest BCUT2D eigenvalue weighted by molar-refractivity contribution is 7.07. The van der Waals surface area contributed by atoms with Gasteiger partial charge in [0.1, 0.15) is 5.82 Å². The molecule has 168 valence electrons. The summed E-state index contributed by atoms with van der Waals surface area (Å²) in [6.45, 7) is 1.75.